The van der Waals surface area contributed by atoms with E-state index in [1.54, 1.807) is 10.9 Å². The predicted molar refractivity (Wildman–Crippen MR) is 64.2 cm³/mol. The van der Waals surface area contributed by atoms with Crippen molar-refractivity contribution in [3.8, 4) is 0 Å². The van der Waals surface area contributed by atoms with Crippen LogP contribution in [0.15, 0.2) is 36.9 Å². The number of aryl methyl sites for hydroxylation is 2. The first-order chi connectivity index (χ1) is 8.33. The van der Waals surface area contributed by atoms with Crippen molar-refractivity contribution in [2.45, 2.75) is 13.1 Å². The maximum atomic E-state index is 5.71. The average Bonchev–Trinajstić information content (AvgIpc) is 2.94. The van der Waals surface area contributed by atoms with E-state index in [1.807, 2.05) is 30.7 Å². The van der Waals surface area contributed by atoms with Crippen LogP contribution in [0.3, 0.4) is 0 Å². The maximum Gasteiger partial charge on any atom is 0.0958 e. The molecule has 0 saturated carbocycles. The third kappa shape index (κ3) is 1.84. The molecule has 86 valence electrons. The molecule has 0 fully saturated rings. The minimum atomic E-state index is 0.735. The molecule has 0 unspecified atom stereocenters. The van der Waals surface area contributed by atoms with Crippen molar-refractivity contribution in [1.29, 1.82) is 0 Å². The highest BCUT2D eigenvalue weighted by atomic mass is 15.4. The Morgan fingerprint density at radius 1 is 1.24 bits per heavy atom. The van der Waals surface area contributed by atoms with E-state index in [-0.39, 0.29) is 0 Å². The van der Waals surface area contributed by atoms with Gasteiger partial charge in [-0.25, -0.2) is 4.98 Å². The largest absolute Gasteiger partial charge is 0.399 e. The Hall–Kier alpha value is -2.37. The van der Waals surface area contributed by atoms with E-state index >= 15 is 0 Å². The van der Waals surface area contributed by atoms with Gasteiger partial charge in [-0.05, 0) is 18.2 Å². The first-order valence-electron chi connectivity index (χ1n) is 5.37. The molecule has 2 heterocycles. The molecule has 17 heavy (non-hydrogen) atoms. The summed E-state index contributed by atoms with van der Waals surface area (Å²) in [5, 5.41) is 7.69. The van der Waals surface area contributed by atoms with Crippen LogP contribution in [0, 0.1) is 0 Å². The molecular formula is C11H12N6. The zero-order chi connectivity index (χ0) is 11.7. The summed E-state index contributed by atoms with van der Waals surface area (Å²) in [5.41, 5.74) is 8.45. The number of benzene rings is 1. The van der Waals surface area contributed by atoms with Crippen molar-refractivity contribution in [3.63, 3.8) is 0 Å². The summed E-state index contributed by atoms with van der Waals surface area (Å²) in [6, 6.07) is 5.75. The number of anilines is 1. The van der Waals surface area contributed by atoms with Gasteiger partial charge in [0.15, 0.2) is 0 Å². The Bertz CT molecular complexity index is 625. The van der Waals surface area contributed by atoms with Crippen molar-refractivity contribution in [3.05, 3.63) is 36.9 Å². The topological polar surface area (TPSA) is 74.5 Å². The number of nitrogens with zero attached hydrogens (tertiary/aromatic N) is 5. The van der Waals surface area contributed by atoms with Gasteiger partial charge in [0.2, 0.25) is 0 Å². The van der Waals surface area contributed by atoms with Crippen LogP contribution in [0.1, 0.15) is 0 Å². The van der Waals surface area contributed by atoms with Gasteiger partial charge in [0.05, 0.1) is 30.1 Å². The number of hydrogen-bond acceptors (Lipinski definition) is 4. The highest BCUT2D eigenvalue weighted by Crippen LogP contribution is 2.15. The summed E-state index contributed by atoms with van der Waals surface area (Å²) in [6.45, 7) is 1.58. The van der Waals surface area contributed by atoms with Crippen molar-refractivity contribution < 1.29 is 0 Å². The molecule has 6 heteroatoms. The number of fused-ring (bicyclic) bond motifs is 1. The van der Waals surface area contributed by atoms with Crippen molar-refractivity contribution in [2.75, 3.05) is 5.73 Å². The van der Waals surface area contributed by atoms with Gasteiger partial charge in [-0.2, -0.15) is 0 Å². The highest BCUT2D eigenvalue weighted by Gasteiger charge is 2.02. The lowest BCUT2D eigenvalue weighted by atomic mass is 10.3. The predicted octanol–water partition coefficient (Wildman–Crippen LogP) is 0.910. The highest BCUT2D eigenvalue weighted by molar-refractivity contribution is 5.78. The number of aromatic nitrogens is 5. The second kappa shape index (κ2) is 3.89. The molecule has 0 aliphatic rings. The summed E-state index contributed by atoms with van der Waals surface area (Å²) < 4.78 is 3.87. The monoisotopic (exact) mass is 228 g/mol. The van der Waals surface area contributed by atoms with Gasteiger partial charge in [0, 0.05) is 18.4 Å². The second-order valence-corrected chi connectivity index (χ2v) is 3.85. The molecule has 0 aliphatic carbocycles. The van der Waals surface area contributed by atoms with E-state index in [1.165, 1.54) is 0 Å². The fourth-order valence-electron chi connectivity index (χ4n) is 1.82. The van der Waals surface area contributed by atoms with Crippen LogP contribution in [-0.4, -0.2) is 24.5 Å². The quantitative estimate of drug-likeness (QED) is 0.676. The van der Waals surface area contributed by atoms with Gasteiger partial charge in [-0.15, -0.1) is 5.10 Å². The number of imidazole rings is 1. The van der Waals surface area contributed by atoms with Gasteiger partial charge in [0.25, 0.3) is 0 Å². The zero-order valence-electron chi connectivity index (χ0n) is 9.19. The first-order valence-corrected chi connectivity index (χ1v) is 5.37. The van der Waals surface area contributed by atoms with Crippen LogP contribution in [0.2, 0.25) is 0 Å². The summed E-state index contributed by atoms with van der Waals surface area (Å²) >= 11 is 0. The Morgan fingerprint density at radius 2 is 2.18 bits per heavy atom. The van der Waals surface area contributed by atoms with E-state index < -0.39 is 0 Å². The van der Waals surface area contributed by atoms with Crippen LogP contribution in [0.4, 0.5) is 5.69 Å². The molecule has 3 rings (SSSR count). The minimum absolute atomic E-state index is 0.735. The molecule has 0 aliphatic heterocycles. The molecule has 0 radical (unpaired) electrons. The van der Waals surface area contributed by atoms with Gasteiger partial charge in [0.1, 0.15) is 0 Å². The smallest absolute Gasteiger partial charge is 0.0958 e. The lowest BCUT2D eigenvalue weighted by Gasteiger charge is -2.04. The van der Waals surface area contributed by atoms with Crippen molar-refractivity contribution >= 4 is 16.7 Å². The maximum absolute atomic E-state index is 5.71. The van der Waals surface area contributed by atoms with Crippen molar-refractivity contribution in [1.82, 2.24) is 24.5 Å². The van der Waals surface area contributed by atoms with Crippen LogP contribution in [0.25, 0.3) is 11.0 Å². The third-order valence-electron chi connectivity index (χ3n) is 2.69. The molecule has 2 aromatic heterocycles. The molecule has 0 bridgehead atoms. The summed E-state index contributed by atoms with van der Waals surface area (Å²) in [6.07, 6.45) is 5.34. The van der Waals surface area contributed by atoms with Crippen LogP contribution >= 0.6 is 0 Å². The summed E-state index contributed by atoms with van der Waals surface area (Å²) in [5.74, 6) is 0. The first kappa shape index (κ1) is 9.83. The molecule has 0 atom stereocenters. The molecule has 0 saturated heterocycles. The Kier molecular flexibility index (Phi) is 2.25. The van der Waals surface area contributed by atoms with E-state index in [9.17, 15) is 0 Å². The molecule has 0 amide bonds. The SMILES string of the molecule is Nc1ccc2c(c1)ncn2CCn1ccnn1. The van der Waals surface area contributed by atoms with Crippen LogP contribution in [0.5, 0.6) is 0 Å². The van der Waals surface area contributed by atoms with E-state index in [2.05, 4.69) is 19.9 Å². The Morgan fingerprint density at radius 3 is 3.00 bits per heavy atom. The lowest BCUT2D eigenvalue weighted by Crippen LogP contribution is -2.07. The number of nitrogen functional groups attached to an aromatic ring is 1. The van der Waals surface area contributed by atoms with Gasteiger partial charge >= 0.3 is 0 Å². The van der Waals surface area contributed by atoms with Crippen LogP contribution in [-0.2, 0) is 13.1 Å². The Balaban J connectivity index is 1.86. The molecule has 3 aromatic rings. The van der Waals surface area contributed by atoms with E-state index in [4.69, 9.17) is 5.73 Å². The molecular weight excluding hydrogens is 216 g/mol. The molecule has 0 spiro atoms. The average molecular weight is 228 g/mol. The fourth-order valence-corrected chi connectivity index (χ4v) is 1.82. The molecule has 2 N–H and O–H groups in total. The van der Waals surface area contributed by atoms with Crippen molar-refractivity contribution in [2.24, 2.45) is 0 Å². The summed E-state index contributed by atoms with van der Waals surface area (Å²) in [4.78, 5) is 4.32. The van der Waals surface area contributed by atoms with Gasteiger partial charge < -0.3 is 10.3 Å². The Labute approximate surface area is 97.7 Å². The van der Waals surface area contributed by atoms with Gasteiger partial charge in [-0.1, -0.05) is 5.21 Å². The molecule has 6 nitrogen and oxygen atoms in total. The number of rotatable bonds is 3. The summed E-state index contributed by atoms with van der Waals surface area (Å²) in [7, 11) is 0. The number of nitrogens with two attached hydrogens (primary N) is 1. The zero-order valence-corrected chi connectivity index (χ0v) is 9.19. The third-order valence-corrected chi connectivity index (χ3v) is 2.69. The lowest BCUT2D eigenvalue weighted by molar-refractivity contribution is 0.526. The standard InChI is InChI=1S/C11H12N6/c12-9-1-2-11-10(7-9)13-8-16(11)5-6-17-4-3-14-15-17/h1-4,7-8H,5-6,12H2. The fraction of sp³-hybridized carbons (Fsp3) is 0.182. The normalized spacial score (nSPS) is 11.1. The minimum Gasteiger partial charge on any atom is -0.399 e. The second-order valence-electron chi connectivity index (χ2n) is 3.85. The van der Waals surface area contributed by atoms with Crippen LogP contribution < -0.4 is 5.73 Å². The van der Waals surface area contributed by atoms with E-state index in [0.717, 1.165) is 29.8 Å². The van der Waals surface area contributed by atoms with Gasteiger partial charge in [-0.3, -0.25) is 4.68 Å². The molecule has 1 aromatic carbocycles. The number of hydrogen-bond donors (Lipinski definition) is 1. The van der Waals surface area contributed by atoms with E-state index in [0.29, 0.717) is 0 Å².